The molecule has 0 aliphatic rings. The van der Waals surface area contributed by atoms with Crippen molar-refractivity contribution in [1.29, 1.82) is 0 Å². The van der Waals surface area contributed by atoms with Gasteiger partial charge in [0, 0.05) is 29.3 Å². The van der Waals surface area contributed by atoms with Gasteiger partial charge in [0.2, 0.25) is 5.91 Å². The molecule has 0 fully saturated rings. The maximum absolute atomic E-state index is 12.1. The molecule has 1 aromatic carbocycles. The lowest BCUT2D eigenvalue weighted by Crippen LogP contribution is -2.40. The number of nitrogens with one attached hydrogen (secondary N) is 2. The second-order valence-corrected chi connectivity index (χ2v) is 5.67. The van der Waals surface area contributed by atoms with E-state index in [4.69, 9.17) is 5.73 Å². The van der Waals surface area contributed by atoms with Crippen LogP contribution in [0.5, 0.6) is 0 Å². The Kier molecular flexibility index (Phi) is 6.03. The molecule has 0 saturated carbocycles. The predicted octanol–water partition coefficient (Wildman–Crippen LogP) is 2.65. The number of carbonyl (C=O) groups excluding carboxylic acids is 2. The molecule has 0 aliphatic heterocycles. The fourth-order valence-electron chi connectivity index (χ4n) is 2.12. The van der Waals surface area contributed by atoms with E-state index in [2.05, 4.69) is 15.6 Å². The highest BCUT2D eigenvalue weighted by Crippen LogP contribution is 2.17. The van der Waals surface area contributed by atoms with Crippen molar-refractivity contribution in [3.63, 3.8) is 0 Å². The number of nitrogens with zero attached hydrogens (tertiary/aromatic N) is 1. The summed E-state index contributed by atoms with van der Waals surface area (Å²) in [6.07, 6.45) is 3.94. The molecule has 1 aromatic heterocycles. The molecule has 4 N–H and O–H groups in total. The molecular weight excluding hydrogens is 304 g/mol. The van der Waals surface area contributed by atoms with Crippen LogP contribution in [0.1, 0.15) is 30.6 Å². The van der Waals surface area contributed by atoms with Crippen LogP contribution in [0.4, 0.5) is 11.4 Å². The average molecular weight is 326 g/mol. The molecule has 0 radical (unpaired) electrons. The summed E-state index contributed by atoms with van der Waals surface area (Å²) in [6.45, 7) is 3.93. The molecular formula is C18H22N4O2. The van der Waals surface area contributed by atoms with Crippen LogP contribution in [0.2, 0.25) is 0 Å². The largest absolute Gasteiger partial charge is 0.325 e. The number of rotatable bonds is 6. The molecule has 6 nitrogen and oxygen atoms in total. The smallest absolute Gasteiger partial charge is 0.255 e. The molecule has 2 unspecified atom stereocenters. The van der Waals surface area contributed by atoms with Gasteiger partial charge in [0.25, 0.3) is 5.91 Å². The predicted molar refractivity (Wildman–Crippen MR) is 94.7 cm³/mol. The van der Waals surface area contributed by atoms with E-state index < -0.39 is 6.04 Å². The summed E-state index contributed by atoms with van der Waals surface area (Å²) in [6, 6.07) is 9.66. The quantitative estimate of drug-likeness (QED) is 0.760. The molecule has 2 amide bonds. The first-order chi connectivity index (χ1) is 11.5. The summed E-state index contributed by atoms with van der Waals surface area (Å²) in [7, 11) is 0. The van der Waals surface area contributed by atoms with Crippen molar-refractivity contribution in [2.24, 2.45) is 11.7 Å². The van der Waals surface area contributed by atoms with Crippen molar-refractivity contribution in [2.45, 2.75) is 26.3 Å². The van der Waals surface area contributed by atoms with E-state index in [9.17, 15) is 9.59 Å². The summed E-state index contributed by atoms with van der Waals surface area (Å²) in [5.74, 6) is -0.376. The number of carbonyl (C=O) groups is 2. The number of hydrogen-bond acceptors (Lipinski definition) is 4. The lowest BCUT2D eigenvalue weighted by atomic mass is 9.99. The first-order valence-corrected chi connectivity index (χ1v) is 7.89. The van der Waals surface area contributed by atoms with Gasteiger partial charge in [0.1, 0.15) is 0 Å². The zero-order chi connectivity index (χ0) is 17.5. The van der Waals surface area contributed by atoms with Gasteiger partial charge >= 0.3 is 0 Å². The van der Waals surface area contributed by atoms with Crippen molar-refractivity contribution in [3.8, 4) is 0 Å². The molecule has 24 heavy (non-hydrogen) atoms. The highest BCUT2D eigenvalue weighted by Gasteiger charge is 2.19. The van der Waals surface area contributed by atoms with E-state index >= 15 is 0 Å². The monoisotopic (exact) mass is 326 g/mol. The Hall–Kier alpha value is -2.73. The minimum absolute atomic E-state index is 0.0968. The van der Waals surface area contributed by atoms with E-state index in [1.807, 2.05) is 13.8 Å². The van der Waals surface area contributed by atoms with Crippen molar-refractivity contribution in [1.82, 2.24) is 4.98 Å². The van der Waals surface area contributed by atoms with Gasteiger partial charge in [-0.3, -0.25) is 14.6 Å². The Bertz CT molecular complexity index is 703. The van der Waals surface area contributed by atoms with Crippen molar-refractivity contribution in [3.05, 3.63) is 54.4 Å². The van der Waals surface area contributed by atoms with Crippen molar-refractivity contribution < 1.29 is 9.59 Å². The number of hydrogen-bond donors (Lipinski definition) is 3. The molecule has 2 rings (SSSR count). The molecule has 0 saturated heterocycles. The maximum Gasteiger partial charge on any atom is 0.255 e. The van der Waals surface area contributed by atoms with Crippen LogP contribution in [-0.2, 0) is 4.79 Å². The van der Waals surface area contributed by atoms with Crippen molar-refractivity contribution in [2.75, 3.05) is 10.6 Å². The summed E-state index contributed by atoms with van der Waals surface area (Å²) in [5.41, 5.74) is 7.62. The third-order valence-corrected chi connectivity index (χ3v) is 3.89. The number of amides is 2. The second-order valence-electron chi connectivity index (χ2n) is 5.67. The van der Waals surface area contributed by atoms with E-state index in [1.54, 1.807) is 48.8 Å². The van der Waals surface area contributed by atoms with Gasteiger partial charge < -0.3 is 16.4 Å². The number of anilines is 2. The molecule has 0 spiro atoms. The lowest BCUT2D eigenvalue weighted by molar-refractivity contribution is -0.118. The first kappa shape index (κ1) is 17.6. The molecule has 2 atom stereocenters. The molecule has 0 bridgehead atoms. The topological polar surface area (TPSA) is 97.1 Å². The lowest BCUT2D eigenvalue weighted by Gasteiger charge is -2.18. The fourth-order valence-corrected chi connectivity index (χ4v) is 2.12. The first-order valence-electron chi connectivity index (χ1n) is 7.89. The normalized spacial score (nSPS) is 13.0. The van der Waals surface area contributed by atoms with Crippen LogP contribution in [-0.4, -0.2) is 22.8 Å². The van der Waals surface area contributed by atoms with Gasteiger partial charge in [-0.05, 0) is 36.2 Å². The third kappa shape index (κ3) is 4.63. The van der Waals surface area contributed by atoms with Gasteiger partial charge in [-0.1, -0.05) is 26.3 Å². The Labute approximate surface area is 141 Å². The third-order valence-electron chi connectivity index (χ3n) is 3.89. The molecule has 2 aromatic rings. The number of pyridine rings is 1. The van der Waals surface area contributed by atoms with Crippen LogP contribution in [0.15, 0.2) is 48.8 Å². The Morgan fingerprint density at radius 3 is 2.38 bits per heavy atom. The standard InChI is InChI=1S/C18H22N4O2/c1-3-12(2)16(19)18(24)22-15-6-4-5-14(11-15)21-17(23)13-7-9-20-10-8-13/h4-12,16H,3,19H2,1-2H3,(H,21,23)(H,22,24). The molecule has 1 heterocycles. The van der Waals surface area contributed by atoms with Gasteiger partial charge in [0.05, 0.1) is 6.04 Å². The van der Waals surface area contributed by atoms with Crippen LogP contribution in [0.25, 0.3) is 0 Å². The second kappa shape index (κ2) is 8.21. The van der Waals surface area contributed by atoms with Crippen molar-refractivity contribution >= 4 is 23.2 Å². The van der Waals surface area contributed by atoms with Gasteiger partial charge in [-0.25, -0.2) is 0 Å². The van der Waals surface area contributed by atoms with Crippen LogP contribution >= 0.6 is 0 Å². The summed E-state index contributed by atoms with van der Waals surface area (Å²) in [5, 5.41) is 5.57. The average Bonchev–Trinajstić information content (AvgIpc) is 2.61. The molecule has 6 heteroatoms. The number of benzene rings is 1. The van der Waals surface area contributed by atoms with Crippen LogP contribution in [0.3, 0.4) is 0 Å². The highest BCUT2D eigenvalue weighted by atomic mass is 16.2. The summed E-state index contributed by atoms with van der Waals surface area (Å²) >= 11 is 0. The number of aromatic nitrogens is 1. The number of nitrogens with two attached hydrogens (primary N) is 1. The highest BCUT2D eigenvalue weighted by molar-refractivity contribution is 6.04. The minimum Gasteiger partial charge on any atom is -0.325 e. The molecule has 0 aliphatic carbocycles. The van der Waals surface area contributed by atoms with E-state index in [0.717, 1.165) is 6.42 Å². The van der Waals surface area contributed by atoms with E-state index in [0.29, 0.717) is 16.9 Å². The maximum atomic E-state index is 12.1. The van der Waals surface area contributed by atoms with Crippen LogP contribution in [0, 0.1) is 5.92 Å². The van der Waals surface area contributed by atoms with Gasteiger partial charge in [0.15, 0.2) is 0 Å². The zero-order valence-electron chi connectivity index (χ0n) is 13.8. The van der Waals surface area contributed by atoms with Crippen LogP contribution < -0.4 is 16.4 Å². The molecule has 126 valence electrons. The van der Waals surface area contributed by atoms with E-state index in [1.165, 1.54) is 0 Å². The summed E-state index contributed by atoms with van der Waals surface area (Å²) < 4.78 is 0. The minimum atomic E-state index is -0.565. The van der Waals surface area contributed by atoms with E-state index in [-0.39, 0.29) is 17.7 Å². The zero-order valence-corrected chi connectivity index (χ0v) is 13.8. The van der Waals surface area contributed by atoms with Gasteiger partial charge in [-0.15, -0.1) is 0 Å². The Morgan fingerprint density at radius 2 is 1.75 bits per heavy atom. The SMILES string of the molecule is CCC(C)C(N)C(=O)Nc1cccc(NC(=O)c2ccncc2)c1. The fraction of sp³-hybridized carbons (Fsp3) is 0.278. The summed E-state index contributed by atoms with van der Waals surface area (Å²) in [4.78, 5) is 28.2. The van der Waals surface area contributed by atoms with Gasteiger partial charge in [-0.2, -0.15) is 0 Å². The Balaban J connectivity index is 2.04. The Morgan fingerprint density at radius 1 is 1.12 bits per heavy atom.